The predicted molar refractivity (Wildman–Crippen MR) is 236 cm³/mol. The average Bonchev–Trinajstić information content (AvgIpc) is 4.12. The molecule has 2 saturated heterocycles. The van der Waals surface area contributed by atoms with Crippen LogP contribution in [0.4, 0.5) is 9.59 Å². The molecule has 0 bridgehead atoms. The first-order valence-corrected chi connectivity index (χ1v) is 20.9. The molecule has 16 nitrogen and oxygen atoms in total. The Hall–Kier alpha value is -7.93. The van der Waals surface area contributed by atoms with E-state index in [2.05, 4.69) is 37.4 Å². The van der Waals surface area contributed by atoms with Crippen LogP contribution in [0.15, 0.2) is 109 Å². The number of ether oxygens (including phenoxy) is 2. The number of likely N-dealkylation sites (tertiary alicyclic amines) is 1. The molecule has 2 aliphatic rings. The van der Waals surface area contributed by atoms with Crippen molar-refractivity contribution in [3.63, 3.8) is 0 Å². The van der Waals surface area contributed by atoms with Crippen LogP contribution in [0.25, 0.3) is 22.3 Å². The lowest BCUT2D eigenvalue weighted by Crippen LogP contribution is -2.54. The molecule has 6 aromatic rings. The SMILES string of the molecule is COC(=O)N[C@@H](C(=O)N1CCN(C(C)=O)C[C@H]1c1ncc(-c2ccc(C#Cc3ccc4nc([C@@H]5CCCN5C(=O)[C@H](NC(=O)OC)c5ccccc5)[nH]c4c3)cc2)[nH]1)c1ccccc1. The molecule has 5 amide bonds. The molecule has 0 aliphatic carbocycles. The molecule has 4 aromatic carbocycles. The van der Waals surface area contributed by atoms with Crippen LogP contribution in [0.1, 0.15) is 77.8 Å². The summed E-state index contributed by atoms with van der Waals surface area (Å²) < 4.78 is 9.67. The number of carbonyl (C=O) groups is 5. The number of hydrogen-bond acceptors (Lipinski definition) is 9. The number of methoxy groups -OCH3 is 2. The quantitative estimate of drug-likeness (QED) is 0.127. The molecule has 16 heteroatoms. The van der Waals surface area contributed by atoms with Crippen LogP contribution in [-0.4, -0.2) is 105 Å². The Morgan fingerprint density at radius 2 is 1.30 bits per heavy atom. The lowest BCUT2D eigenvalue weighted by atomic mass is 10.0. The molecule has 0 unspecified atom stereocenters. The molecule has 8 rings (SSSR count). The van der Waals surface area contributed by atoms with E-state index in [1.165, 1.54) is 21.1 Å². The van der Waals surface area contributed by atoms with Gasteiger partial charge in [-0.2, -0.15) is 0 Å². The first kappa shape index (κ1) is 42.7. The van der Waals surface area contributed by atoms with Crippen LogP contribution in [-0.2, 0) is 23.9 Å². The first-order valence-electron chi connectivity index (χ1n) is 20.9. The number of aromatic nitrogens is 4. The predicted octanol–water partition coefficient (Wildman–Crippen LogP) is 5.94. The van der Waals surface area contributed by atoms with Crippen molar-refractivity contribution in [2.24, 2.45) is 0 Å². The van der Waals surface area contributed by atoms with Gasteiger partial charge in [-0.25, -0.2) is 19.6 Å². The van der Waals surface area contributed by atoms with Gasteiger partial charge in [0.25, 0.3) is 11.8 Å². The van der Waals surface area contributed by atoms with E-state index < -0.39 is 30.3 Å². The summed E-state index contributed by atoms with van der Waals surface area (Å²) in [5.41, 5.74) is 5.92. The third kappa shape index (κ3) is 9.28. The molecule has 4 atom stereocenters. The van der Waals surface area contributed by atoms with Gasteiger partial charge in [-0.1, -0.05) is 84.6 Å². The van der Waals surface area contributed by atoms with E-state index in [0.717, 1.165) is 40.6 Å². The lowest BCUT2D eigenvalue weighted by molar-refractivity contribution is -0.144. The Morgan fingerprint density at radius 1 is 0.703 bits per heavy atom. The molecule has 64 heavy (non-hydrogen) atoms. The second kappa shape index (κ2) is 19.0. The minimum atomic E-state index is -1.01. The van der Waals surface area contributed by atoms with Crippen LogP contribution < -0.4 is 10.6 Å². The van der Waals surface area contributed by atoms with Crippen molar-refractivity contribution in [1.82, 2.24) is 45.3 Å². The minimum Gasteiger partial charge on any atom is -0.453 e. The zero-order valence-corrected chi connectivity index (χ0v) is 35.5. The largest absolute Gasteiger partial charge is 0.453 e. The highest BCUT2D eigenvalue weighted by Crippen LogP contribution is 2.35. The number of piperazine rings is 1. The van der Waals surface area contributed by atoms with Gasteiger partial charge in [0, 0.05) is 44.2 Å². The maximum Gasteiger partial charge on any atom is 0.407 e. The second-order valence-electron chi connectivity index (χ2n) is 15.5. The van der Waals surface area contributed by atoms with Crippen LogP contribution in [0, 0.1) is 11.8 Å². The van der Waals surface area contributed by atoms with Gasteiger partial charge in [0.15, 0.2) is 0 Å². The van der Waals surface area contributed by atoms with Gasteiger partial charge in [-0.05, 0) is 59.9 Å². The molecular formula is C48H47N9O7. The number of aromatic amines is 2. The van der Waals surface area contributed by atoms with Crippen molar-refractivity contribution in [2.45, 2.75) is 43.9 Å². The minimum absolute atomic E-state index is 0.115. The first-order chi connectivity index (χ1) is 31.1. The molecule has 4 heterocycles. The Labute approximate surface area is 369 Å². The topological polar surface area (TPSA) is 195 Å². The molecule has 326 valence electrons. The number of fused-ring (bicyclic) bond motifs is 1. The Balaban J connectivity index is 0.970. The number of amides is 5. The van der Waals surface area contributed by atoms with Gasteiger partial charge in [-0.3, -0.25) is 14.4 Å². The summed E-state index contributed by atoms with van der Waals surface area (Å²) in [6, 6.07) is 28.6. The normalized spacial score (nSPS) is 16.9. The van der Waals surface area contributed by atoms with Gasteiger partial charge < -0.3 is 44.8 Å². The molecule has 0 spiro atoms. The number of carbonyl (C=O) groups excluding carboxylic acids is 5. The molecular weight excluding hydrogens is 815 g/mol. The van der Waals surface area contributed by atoms with Gasteiger partial charge in [-0.15, -0.1) is 0 Å². The Morgan fingerprint density at radius 3 is 1.91 bits per heavy atom. The van der Waals surface area contributed by atoms with Crippen molar-refractivity contribution in [2.75, 3.05) is 40.4 Å². The molecule has 0 saturated carbocycles. The number of hydrogen-bond donors (Lipinski definition) is 4. The lowest BCUT2D eigenvalue weighted by Gasteiger charge is -2.41. The molecule has 2 fully saturated rings. The molecule has 2 aliphatic heterocycles. The summed E-state index contributed by atoms with van der Waals surface area (Å²) in [4.78, 5) is 86.7. The average molecular weight is 862 g/mol. The van der Waals surface area contributed by atoms with Crippen molar-refractivity contribution in [3.8, 4) is 23.1 Å². The second-order valence-corrected chi connectivity index (χ2v) is 15.5. The summed E-state index contributed by atoms with van der Waals surface area (Å²) in [5, 5.41) is 5.38. The zero-order chi connectivity index (χ0) is 44.7. The van der Waals surface area contributed by atoms with E-state index in [1.807, 2.05) is 66.7 Å². The van der Waals surface area contributed by atoms with Gasteiger partial charge in [0.2, 0.25) is 5.91 Å². The third-order valence-corrected chi connectivity index (χ3v) is 11.6. The van der Waals surface area contributed by atoms with E-state index in [4.69, 9.17) is 14.5 Å². The number of nitrogens with zero attached hydrogens (tertiary/aromatic N) is 5. The number of H-pyrrole nitrogens is 2. The fourth-order valence-corrected chi connectivity index (χ4v) is 8.23. The third-order valence-electron chi connectivity index (χ3n) is 11.6. The van der Waals surface area contributed by atoms with Crippen LogP contribution >= 0.6 is 0 Å². The fourth-order valence-electron chi connectivity index (χ4n) is 8.23. The summed E-state index contributed by atoms with van der Waals surface area (Å²) in [6.07, 6.45) is 1.78. The highest BCUT2D eigenvalue weighted by molar-refractivity contribution is 5.88. The number of nitrogens with one attached hydrogen (secondary N) is 4. The Bertz CT molecular complexity index is 2730. The van der Waals surface area contributed by atoms with Crippen molar-refractivity contribution in [3.05, 3.63) is 143 Å². The van der Waals surface area contributed by atoms with E-state index in [9.17, 15) is 24.0 Å². The fraction of sp³-hybridized carbons (Fsp3) is 0.271. The van der Waals surface area contributed by atoms with Crippen LogP contribution in [0.3, 0.4) is 0 Å². The summed E-state index contributed by atoms with van der Waals surface area (Å²) in [6.45, 7) is 2.81. The zero-order valence-electron chi connectivity index (χ0n) is 35.5. The van der Waals surface area contributed by atoms with E-state index >= 15 is 0 Å². The van der Waals surface area contributed by atoms with E-state index in [-0.39, 0.29) is 36.9 Å². The monoisotopic (exact) mass is 861 g/mol. The van der Waals surface area contributed by atoms with E-state index in [0.29, 0.717) is 41.6 Å². The molecule has 2 aromatic heterocycles. The number of benzene rings is 4. The van der Waals surface area contributed by atoms with E-state index in [1.54, 1.807) is 57.3 Å². The summed E-state index contributed by atoms with van der Waals surface area (Å²) >= 11 is 0. The summed E-state index contributed by atoms with van der Waals surface area (Å²) in [5.74, 6) is 6.95. The van der Waals surface area contributed by atoms with Crippen molar-refractivity contribution < 1.29 is 33.4 Å². The highest BCUT2D eigenvalue weighted by Gasteiger charge is 2.39. The highest BCUT2D eigenvalue weighted by atomic mass is 16.5. The maximum atomic E-state index is 14.2. The maximum absolute atomic E-state index is 14.2. The van der Waals surface area contributed by atoms with Gasteiger partial charge >= 0.3 is 12.2 Å². The number of imidazole rings is 2. The smallest absolute Gasteiger partial charge is 0.407 e. The standard InChI is InChI=1S/C48H47N9O7/c1-30(58)55-25-26-57(46(60)42(54-48(62)64-3)35-13-8-5-9-14-35)40(29-55)43-49-28-38(52-43)33-21-18-31(19-22-33)16-17-32-20-23-36-37(27-32)51-44(50-36)39-15-10-24-56(39)45(59)41(53-47(61)63-2)34-11-6-4-7-12-34/h4-9,11-14,18-23,27-28,39-42H,10,15,24-26,29H2,1-3H3,(H,49,52)(H,50,51)(H,53,61)(H,54,62)/t39-,40-,41+,42+/m0/s1. The van der Waals surface area contributed by atoms with Crippen LogP contribution in [0.5, 0.6) is 0 Å². The van der Waals surface area contributed by atoms with Crippen molar-refractivity contribution >= 4 is 40.9 Å². The van der Waals surface area contributed by atoms with Gasteiger partial charge in [0.05, 0.1) is 43.2 Å². The van der Waals surface area contributed by atoms with Gasteiger partial charge in [0.1, 0.15) is 29.8 Å². The summed E-state index contributed by atoms with van der Waals surface area (Å²) in [7, 11) is 2.51. The number of rotatable bonds is 9. The molecule has 0 radical (unpaired) electrons. The van der Waals surface area contributed by atoms with Crippen LogP contribution in [0.2, 0.25) is 0 Å². The molecule has 4 N–H and O–H groups in total. The number of alkyl carbamates (subject to hydrolysis) is 2. The van der Waals surface area contributed by atoms with Crippen molar-refractivity contribution in [1.29, 1.82) is 0 Å². The Kier molecular flexibility index (Phi) is 12.7.